The maximum atomic E-state index is 3.22. The average molecular weight is 287 g/mol. The van der Waals surface area contributed by atoms with E-state index < -0.39 is 0 Å². The summed E-state index contributed by atoms with van der Waals surface area (Å²) in [6, 6.07) is 9.29. The Morgan fingerprint density at radius 3 is 2.40 bits per heavy atom. The monoisotopic (exact) mass is 287 g/mol. The van der Waals surface area contributed by atoms with Crippen molar-refractivity contribution in [3.05, 3.63) is 45.6 Å². The van der Waals surface area contributed by atoms with Crippen molar-refractivity contribution in [3.63, 3.8) is 0 Å². The highest BCUT2D eigenvalue weighted by molar-refractivity contribution is 7.10. The van der Waals surface area contributed by atoms with Gasteiger partial charge >= 0.3 is 0 Å². The van der Waals surface area contributed by atoms with Crippen LogP contribution in [-0.4, -0.2) is 7.05 Å². The SMILES string of the molecule is CNCc1cc(-c2ccc(C(C)C)cc2C(C)C)cs1. The summed E-state index contributed by atoms with van der Waals surface area (Å²) in [6.07, 6.45) is 0. The first-order valence-corrected chi connectivity index (χ1v) is 8.27. The molecule has 0 aliphatic heterocycles. The number of benzene rings is 1. The normalized spacial score (nSPS) is 11.6. The van der Waals surface area contributed by atoms with Crippen LogP contribution in [0.2, 0.25) is 0 Å². The lowest BCUT2D eigenvalue weighted by atomic mass is 9.89. The molecule has 2 rings (SSSR count). The quantitative estimate of drug-likeness (QED) is 0.778. The zero-order valence-corrected chi connectivity index (χ0v) is 14.0. The fourth-order valence-corrected chi connectivity index (χ4v) is 3.37. The van der Waals surface area contributed by atoms with E-state index in [1.54, 1.807) is 0 Å². The third-order valence-corrected chi connectivity index (χ3v) is 4.62. The molecule has 2 aromatic rings. The van der Waals surface area contributed by atoms with E-state index in [-0.39, 0.29) is 0 Å². The Balaban J connectivity index is 2.43. The maximum absolute atomic E-state index is 3.22. The van der Waals surface area contributed by atoms with Crippen molar-refractivity contribution in [3.8, 4) is 11.1 Å². The van der Waals surface area contributed by atoms with Gasteiger partial charge in [0.05, 0.1) is 0 Å². The lowest BCUT2D eigenvalue weighted by molar-refractivity contribution is 0.830. The minimum absolute atomic E-state index is 0.552. The summed E-state index contributed by atoms with van der Waals surface area (Å²) in [5, 5.41) is 5.50. The molecule has 0 aliphatic rings. The molecule has 1 heterocycles. The Hall–Kier alpha value is -1.12. The molecular weight excluding hydrogens is 262 g/mol. The lowest BCUT2D eigenvalue weighted by Gasteiger charge is -2.15. The molecule has 1 aromatic heterocycles. The third-order valence-electron chi connectivity index (χ3n) is 3.68. The van der Waals surface area contributed by atoms with Crippen LogP contribution in [0.15, 0.2) is 29.6 Å². The Morgan fingerprint density at radius 1 is 1.05 bits per heavy atom. The van der Waals surface area contributed by atoms with Gasteiger partial charge in [-0.05, 0) is 52.6 Å². The second-order valence-corrected chi connectivity index (χ2v) is 6.98. The van der Waals surface area contributed by atoms with Crippen molar-refractivity contribution in [1.82, 2.24) is 5.32 Å². The number of rotatable bonds is 5. The predicted octanol–water partition coefficient (Wildman–Crippen LogP) is 5.38. The van der Waals surface area contributed by atoms with Gasteiger partial charge in [-0.1, -0.05) is 45.9 Å². The second kappa shape index (κ2) is 6.55. The zero-order valence-electron chi connectivity index (χ0n) is 13.2. The average Bonchev–Trinajstić information content (AvgIpc) is 2.86. The Bertz CT molecular complexity index is 567. The fraction of sp³-hybridized carbons (Fsp3) is 0.444. The van der Waals surface area contributed by atoms with Gasteiger partial charge in [-0.15, -0.1) is 11.3 Å². The molecule has 0 fully saturated rings. The van der Waals surface area contributed by atoms with Crippen molar-refractivity contribution in [2.75, 3.05) is 7.05 Å². The van der Waals surface area contributed by atoms with Gasteiger partial charge in [0.25, 0.3) is 0 Å². The molecule has 0 aliphatic carbocycles. The molecule has 0 radical (unpaired) electrons. The highest BCUT2D eigenvalue weighted by Crippen LogP contribution is 2.34. The molecule has 0 bridgehead atoms. The minimum atomic E-state index is 0.552. The Labute approximate surface area is 127 Å². The molecule has 1 N–H and O–H groups in total. The van der Waals surface area contributed by atoms with Gasteiger partial charge < -0.3 is 5.32 Å². The van der Waals surface area contributed by atoms with Crippen LogP contribution in [0, 0.1) is 0 Å². The summed E-state index contributed by atoms with van der Waals surface area (Å²) in [4.78, 5) is 1.39. The number of hydrogen-bond acceptors (Lipinski definition) is 2. The molecule has 1 nitrogen and oxygen atoms in total. The van der Waals surface area contributed by atoms with E-state index in [1.165, 1.54) is 27.1 Å². The van der Waals surface area contributed by atoms with E-state index in [0.717, 1.165) is 6.54 Å². The van der Waals surface area contributed by atoms with Crippen LogP contribution in [0.1, 0.15) is 55.5 Å². The van der Waals surface area contributed by atoms with Crippen LogP contribution in [0.4, 0.5) is 0 Å². The van der Waals surface area contributed by atoms with Gasteiger partial charge in [0.1, 0.15) is 0 Å². The molecule has 0 saturated carbocycles. The standard InChI is InChI=1S/C18H25NS/c1-12(2)14-6-7-17(18(9-14)13(3)4)15-8-16(10-19-5)20-11-15/h6-9,11-13,19H,10H2,1-5H3. The van der Waals surface area contributed by atoms with Crippen LogP contribution >= 0.6 is 11.3 Å². The first-order chi connectivity index (χ1) is 9.52. The van der Waals surface area contributed by atoms with Crippen LogP contribution in [-0.2, 0) is 6.54 Å². The third kappa shape index (κ3) is 3.31. The van der Waals surface area contributed by atoms with Gasteiger partial charge in [0.2, 0.25) is 0 Å². The number of nitrogens with one attached hydrogen (secondary N) is 1. The van der Waals surface area contributed by atoms with E-state index >= 15 is 0 Å². The van der Waals surface area contributed by atoms with Crippen molar-refractivity contribution >= 4 is 11.3 Å². The highest BCUT2D eigenvalue weighted by Gasteiger charge is 2.12. The van der Waals surface area contributed by atoms with Gasteiger partial charge in [-0.3, -0.25) is 0 Å². The highest BCUT2D eigenvalue weighted by atomic mass is 32.1. The smallest absolute Gasteiger partial charge is 0.0296 e. The van der Waals surface area contributed by atoms with Crippen LogP contribution in [0.25, 0.3) is 11.1 Å². The van der Waals surface area contributed by atoms with Gasteiger partial charge in [0.15, 0.2) is 0 Å². The van der Waals surface area contributed by atoms with Gasteiger partial charge in [0, 0.05) is 11.4 Å². The molecule has 0 spiro atoms. The summed E-state index contributed by atoms with van der Waals surface area (Å²) in [6.45, 7) is 10.0. The summed E-state index contributed by atoms with van der Waals surface area (Å²) in [5.41, 5.74) is 5.65. The first-order valence-electron chi connectivity index (χ1n) is 7.39. The van der Waals surface area contributed by atoms with Gasteiger partial charge in [-0.25, -0.2) is 0 Å². The molecule has 1 aromatic carbocycles. The second-order valence-electron chi connectivity index (χ2n) is 5.99. The molecule has 20 heavy (non-hydrogen) atoms. The van der Waals surface area contributed by atoms with Crippen molar-refractivity contribution in [1.29, 1.82) is 0 Å². The Kier molecular flexibility index (Phi) is 5.00. The Morgan fingerprint density at radius 2 is 1.80 bits per heavy atom. The molecule has 0 saturated heterocycles. The summed E-state index contributed by atoms with van der Waals surface area (Å²) >= 11 is 1.84. The van der Waals surface area contributed by atoms with Crippen LogP contribution in [0.5, 0.6) is 0 Å². The lowest BCUT2D eigenvalue weighted by Crippen LogP contribution is -2.02. The topological polar surface area (TPSA) is 12.0 Å². The van der Waals surface area contributed by atoms with Crippen molar-refractivity contribution in [2.45, 2.75) is 46.1 Å². The van der Waals surface area contributed by atoms with E-state index in [1.807, 2.05) is 18.4 Å². The van der Waals surface area contributed by atoms with E-state index in [4.69, 9.17) is 0 Å². The predicted molar refractivity (Wildman–Crippen MR) is 90.7 cm³/mol. The first kappa shape index (κ1) is 15.3. The minimum Gasteiger partial charge on any atom is -0.315 e. The number of thiophene rings is 1. The van der Waals surface area contributed by atoms with E-state index in [9.17, 15) is 0 Å². The number of hydrogen-bond donors (Lipinski definition) is 1. The molecule has 0 atom stereocenters. The largest absolute Gasteiger partial charge is 0.315 e. The molecule has 0 unspecified atom stereocenters. The zero-order chi connectivity index (χ0) is 14.7. The molecule has 108 valence electrons. The van der Waals surface area contributed by atoms with Crippen LogP contribution in [0.3, 0.4) is 0 Å². The molecule has 0 amide bonds. The van der Waals surface area contributed by atoms with Crippen molar-refractivity contribution < 1.29 is 0 Å². The fourth-order valence-electron chi connectivity index (χ4n) is 2.47. The molecular formula is C18H25NS. The summed E-state index contributed by atoms with van der Waals surface area (Å²) < 4.78 is 0. The molecule has 2 heteroatoms. The van der Waals surface area contributed by atoms with Crippen molar-refractivity contribution in [2.24, 2.45) is 0 Å². The van der Waals surface area contributed by atoms with E-state index in [2.05, 4.69) is 62.7 Å². The van der Waals surface area contributed by atoms with E-state index in [0.29, 0.717) is 11.8 Å². The summed E-state index contributed by atoms with van der Waals surface area (Å²) in [5.74, 6) is 1.14. The maximum Gasteiger partial charge on any atom is 0.0296 e. The van der Waals surface area contributed by atoms with Gasteiger partial charge in [-0.2, -0.15) is 0 Å². The summed E-state index contributed by atoms with van der Waals surface area (Å²) in [7, 11) is 2.00. The van der Waals surface area contributed by atoms with Crippen LogP contribution < -0.4 is 5.32 Å².